The number of nitriles is 1. The molecule has 150 valence electrons. The van der Waals surface area contributed by atoms with Gasteiger partial charge in [0, 0.05) is 6.61 Å². The minimum Gasteiger partial charge on any atom is -0.417 e. The van der Waals surface area contributed by atoms with Crippen LogP contribution in [0.5, 0.6) is 0 Å². The quantitative estimate of drug-likeness (QED) is 0.312. The maximum Gasteiger partial charge on any atom is 0.197 e. The zero-order valence-corrected chi connectivity index (χ0v) is 19.3. The van der Waals surface area contributed by atoms with Crippen LogP contribution in [0.25, 0.3) is 0 Å². The Morgan fingerprint density at radius 2 is 1.78 bits per heavy atom. The molecule has 0 saturated heterocycles. The molecule has 1 atom stereocenters. The molecule has 1 aromatic rings. The Kier molecular flexibility index (Phi) is 7.63. The Bertz CT molecular complexity index is 786. The predicted molar refractivity (Wildman–Crippen MR) is 114 cm³/mol. The summed E-state index contributed by atoms with van der Waals surface area (Å²) in [5.74, 6) is 0. The van der Waals surface area contributed by atoms with Crippen LogP contribution in [-0.4, -0.2) is 28.1 Å². The summed E-state index contributed by atoms with van der Waals surface area (Å²) >= 11 is 0. The molecule has 0 aliphatic carbocycles. The Balaban J connectivity index is 3.03. The molecule has 0 fully saturated rings. The van der Waals surface area contributed by atoms with Gasteiger partial charge >= 0.3 is 0 Å². The number of sulfone groups is 1. The van der Waals surface area contributed by atoms with Crippen molar-refractivity contribution >= 4 is 18.2 Å². The first-order valence-corrected chi connectivity index (χ1v) is 13.7. The summed E-state index contributed by atoms with van der Waals surface area (Å²) in [6.07, 6.45) is 2.35. The standard InChI is InChI=1S/C21H33NO3SSi/c1-8-14-21(17-22,15-9-16-25-27(6,7)20(3,4)5)26(23,24)19-12-10-18(2)11-13-19/h8,10-13H,1,9,14-16H2,2-7H3. The molecule has 6 heteroatoms. The van der Waals surface area contributed by atoms with Gasteiger partial charge in [-0.05, 0) is 56.5 Å². The van der Waals surface area contributed by atoms with Crippen molar-refractivity contribution in [2.24, 2.45) is 0 Å². The van der Waals surface area contributed by atoms with E-state index in [1.54, 1.807) is 24.3 Å². The van der Waals surface area contributed by atoms with Gasteiger partial charge in [-0.15, -0.1) is 6.58 Å². The molecule has 0 aliphatic rings. The van der Waals surface area contributed by atoms with Crippen LogP contribution in [0.3, 0.4) is 0 Å². The summed E-state index contributed by atoms with van der Waals surface area (Å²) in [7, 11) is -5.71. The third kappa shape index (κ3) is 5.31. The topological polar surface area (TPSA) is 67.2 Å². The maximum atomic E-state index is 13.2. The molecule has 0 radical (unpaired) electrons. The van der Waals surface area contributed by atoms with E-state index in [0.29, 0.717) is 13.0 Å². The first kappa shape index (κ1) is 23.6. The number of aryl methyl sites for hydroxylation is 1. The summed E-state index contributed by atoms with van der Waals surface area (Å²) in [4.78, 5) is 0.182. The number of allylic oxidation sites excluding steroid dienone is 1. The third-order valence-corrected chi connectivity index (χ3v) is 12.4. The lowest BCUT2D eigenvalue weighted by atomic mass is 10.0. The average molecular weight is 408 g/mol. The van der Waals surface area contributed by atoms with Crippen molar-refractivity contribution in [3.8, 4) is 6.07 Å². The van der Waals surface area contributed by atoms with Crippen LogP contribution < -0.4 is 0 Å². The van der Waals surface area contributed by atoms with Crippen LogP contribution in [0.4, 0.5) is 0 Å². The summed E-state index contributed by atoms with van der Waals surface area (Å²) in [6.45, 7) is 16.9. The molecule has 1 rings (SSSR count). The lowest BCUT2D eigenvalue weighted by Gasteiger charge is -2.36. The molecule has 0 saturated carbocycles. The molecule has 0 bridgehead atoms. The van der Waals surface area contributed by atoms with Crippen LogP contribution in [0, 0.1) is 18.3 Å². The third-order valence-electron chi connectivity index (χ3n) is 5.52. The van der Waals surface area contributed by atoms with Gasteiger partial charge < -0.3 is 4.43 Å². The van der Waals surface area contributed by atoms with Gasteiger partial charge in [0.2, 0.25) is 0 Å². The smallest absolute Gasteiger partial charge is 0.197 e. The summed E-state index contributed by atoms with van der Waals surface area (Å²) in [5.41, 5.74) is 0.975. The zero-order valence-electron chi connectivity index (χ0n) is 17.5. The highest BCUT2D eigenvalue weighted by molar-refractivity contribution is 7.93. The van der Waals surface area contributed by atoms with Gasteiger partial charge in [0.05, 0.1) is 11.0 Å². The lowest BCUT2D eigenvalue weighted by molar-refractivity contribution is 0.275. The summed E-state index contributed by atoms with van der Waals surface area (Å²) in [6, 6.07) is 8.75. The highest BCUT2D eigenvalue weighted by Gasteiger charge is 2.44. The van der Waals surface area contributed by atoms with Crippen molar-refractivity contribution in [1.82, 2.24) is 0 Å². The van der Waals surface area contributed by atoms with Crippen LogP contribution in [0.1, 0.15) is 45.6 Å². The van der Waals surface area contributed by atoms with Gasteiger partial charge in [-0.2, -0.15) is 5.26 Å². The molecule has 0 spiro atoms. The fourth-order valence-corrected chi connectivity index (χ4v) is 5.49. The number of rotatable bonds is 9. The largest absolute Gasteiger partial charge is 0.417 e. The number of hydrogen-bond acceptors (Lipinski definition) is 4. The highest BCUT2D eigenvalue weighted by atomic mass is 32.2. The van der Waals surface area contributed by atoms with Crippen molar-refractivity contribution < 1.29 is 12.8 Å². The maximum absolute atomic E-state index is 13.2. The second-order valence-corrected chi connectivity index (χ2v) is 15.7. The van der Waals surface area contributed by atoms with Gasteiger partial charge in [-0.3, -0.25) is 0 Å². The summed E-state index contributed by atoms with van der Waals surface area (Å²) in [5, 5.41) is 9.93. The molecule has 0 N–H and O–H groups in total. The normalized spacial score (nSPS) is 15.0. The van der Waals surface area contributed by atoms with Gasteiger partial charge in [-0.1, -0.05) is 44.5 Å². The number of nitrogens with zero attached hydrogens (tertiary/aromatic N) is 1. The summed E-state index contributed by atoms with van der Waals surface area (Å²) < 4.78 is 31.1. The van der Waals surface area contributed by atoms with E-state index < -0.39 is 22.9 Å². The fourth-order valence-electron chi connectivity index (χ4n) is 2.59. The lowest BCUT2D eigenvalue weighted by Crippen LogP contribution is -2.41. The molecule has 27 heavy (non-hydrogen) atoms. The monoisotopic (exact) mass is 407 g/mol. The molecule has 0 amide bonds. The Hall–Kier alpha value is -1.42. The fraction of sp³-hybridized carbons (Fsp3) is 0.571. The van der Waals surface area contributed by atoms with Crippen molar-refractivity contribution in [2.75, 3.05) is 6.61 Å². The minimum atomic E-state index is -3.81. The van der Waals surface area contributed by atoms with E-state index >= 15 is 0 Å². The Morgan fingerprint density at radius 1 is 1.22 bits per heavy atom. The van der Waals surface area contributed by atoms with Crippen molar-refractivity contribution in [2.45, 2.75) is 74.7 Å². The Morgan fingerprint density at radius 3 is 2.22 bits per heavy atom. The molecule has 0 heterocycles. The second-order valence-electron chi connectivity index (χ2n) is 8.63. The predicted octanol–water partition coefficient (Wildman–Crippen LogP) is 5.41. The van der Waals surface area contributed by atoms with Crippen molar-refractivity contribution in [1.29, 1.82) is 5.26 Å². The van der Waals surface area contributed by atoms with E-state index in [0.717, 1.165) is 5.56 Å². The van der Waals surface area contributed by atoms with Crippen LogP contribution in [0.2, 0.25) is 18.1 Å². The number of hydrogen-bond donors (Lipinski definition) is 0. The van der Waals surface area contributed by atoms with E-state index in [1.807, 2.05) is 6.92 Å². The van der Waals surface area contributed by atoms with Crippen molar-refractivity contribution in [3.05, 3.63) is 42.5 Å². The van der Waals surface area contributed by atoms with E-state index in [2.05, 4.69) is 46.5 Å². The highest BCUT2D eigenvalue weighted by Crippen LogP contribution is 2.37. The Labute approximate surface area is 166 Å². The first-order chi connectivity index (χ1) is 12.3. The van der Waals surface area contributed by atoms with E-state index in [4.69, 9.17) is 4.43 Å². The van der Waals surface area contributed by atoms with E-state index in [1.165, 1.54) is 6.08 Å². The van der Waals surface area contributed by atoms with E-state index in [-0.39, 0.29) is 22.8 Å². The molecule has 4 nitrogen and oxygen atoms in total. The van der Waals surface area contributed by atoms with E-state index in [9.17, 15) is 13.7 Å². The van der Waals surface area contributed by atoms with Crippen LogP contribution in [-0.2, 0) is 14.3 Å². The molecule has 0 aliphatic heterocycles. The minimum absolute atomic E-state index is 0.0917. The average Bonchev–Trinajstić information content (AvgIpc) is 2.56. The molecular weight excluding hydrogens is 374 g/mol. The molecule has 0 aromatic heterocycles. The zero-order chi connectivity index (χ0) is 20.9. The first-order valence-electron chi connectivity index (χ1n) is 9.30. The van der Waals surface area contributed by atoms with Gasteiger partial charge in [0.15, 0.2) is 22.9 Å². The van der Waals surface area contributed by atoms with Gasteiger partial charge in [0.1, 0.15) is 0 Å². The van der Waals surface area contributed by atoms with Crippen LogP contribution >= 0.6 is 0 Å². The van der Waals surface area contributed by atoms with Crippen LogP contribution in [0.15, 0.2) is 41.8 Å². The second kappa shape index (κ2) is 8.72. The molecular formula is C21H33NO3SSi. The van der Waals surface area contributed by atoms with Crippen molar-refractivity contribution in [3.63, 3.8) is 0 Å². The molecule has 1 aromatic carbocycles. The van der Waals surface area contributed by atoms with Gasteiger partial charge in [-0.25, -0.2) is 8.42 Å². The van der Waals surface area contributed by atoms with Gasteiger partial charge in [0.25, 0.3) is 0 Å². The molecule has 1 unspecified atom stereocenters. The SMILES string of the molecule is C=CCC(C#N)(CCCO[Si](C)(C)C(C)(C)C)S(=O)(=O)c1ccc(C)cc1. The number of benzene rings is 1.